The Hall–Kier alpha value is -1.74. The van der Waals surface area contributed by atoms with Crippen LogP contribution < -0.4 is 15.4 Å². The third-order valence-electron chi connectivity index (χ3n) is 4.39. The molecule has 9 heteroatoms. The first-order valence-electron chi connectivity index (χ1n) is 7.95. The molecule has 26 heavy (non-hydrogen) atoms. The first kappa shape index (κ1) is 20.6. The van der Waals surface area contributed by atoms with E-state index >= 15 is 0 Å². The highest BCUT2D eigenvalue weighted by atomic mass is 35.5. The number of piperidine rings is 1. The summed E-state index contributed by atoms with van der Waals surface area (Å²) in [4.78, 5) is 17.0. The largest absolute Gasteiger partial charge is 0.494 e. The average Bonchev–Trinajstić information content (AvgIpc) is 3.10. The minimum atomic E-state index is -0.830. The Bertz CT molecular complexity index is 765. The van der Waals surface area contributed by atoms with Gasteiger partial charge in [-0.3, -0.25) is 10.1 Å². The molecule has 1 aliphatic heterocycles. The van der Waals surface area contributed by atoms with Gasteiger partial charge in [0.15, 0.2) is 16.7 Å². The van der Waals surface area contributed by atoms with Crippen LogP contribution in [0.2, 0.25) is 0 Å². The van der Waals surface area contributed by atoms with E-state index < -0.39 is 11.4 Å². The van der Waals surface area contributed by atoms with Crippen LogP contribution in [0.5, 0.6) is 5.75 Å². The van der Waals surface area contributed by atoms with Gasteiger partial charge in [-0.15, -0.1) is 23.7 Å². The second-order valence-corrected chi connectivity index (χ2v) is 6.65. The highest BCUT2D eigenvalue weighted by molar-refractivity contribution is 7.14. The monoisotopic (exact) mass is 401 g/mol. The van der Waals surface area contributed by atoms with Crippen molar-refractivity contribution in [3.8, 4) is 17.0 Å². The second-order valence-electron chi connectivity index (χ2n) is 5.79. The number of hydrogen-bond acceptors (Lipinski definition) is 6. The van der Waals surface area contributed by atoms with E-state index in [1.807, 2.05) is 0 Å². The highest BCUT2D eigenvalue weighted by Gasteiger charge is 2.40. The van der Waals surface area contributed by atoms with E-state index in [2.05, 4.69) is 15.6 Å². The standard InChI is InChI=1S/C17H20FN3O3S.ClH/c1-23-14-4-3-11(9-12(14)18)13-10-25-16(20-13)21-15(22)17(24-2)5-7-19-8-6-17;/h3-4,9-10,19H,5-8H2,1-2H3,(H,20,21,22);1H. The van der Waals surface area contributed by atoms with Gasteiger partial charge in [0.2, 0.25) is 0 Å². The third-order valence-corrected chi connectivity index (χ3v) is 5.15. The van der Waals surface area contributed by atoms with Crippen LogP contribution in [0.25, 0.3) is 11.3 Å². The minimum absolute atomic E-state index is 0. The molecule has 3 rings (SSSR count). The second kappa shape index (κ2) is 8.77. The topological polar surface area (TPSA) is 72.5 Å². The van der Waals surface area contributed by atoms with Crippen molar-refractivity contribution >= 4 is 34.8 Å². The van der Waals surface area contributed by atoms with E-state index in [4.69, 9.17) is 9.47 Å². The molecule has 142 valence electrons. The summed E-state index contributed by atoms with van der Waals surface area (Å²) in [6, 6.07) is 4.65. The number of rotatable bonds is 5. The fraction of sp³-hybridized carbons (Fsp3) is 0.412. The Morgan fingerprint density at radius 2 is 2.08 bits per heavy atom. The number of benzene rings is 1. The molecule has 1 aromatic carbocycles. The first-order valence-corrected chi connectivity index (χ1v) is 8.83. The molecule has 2 aromatic rings. The number of nitrogens with zero attached hydrogens (tertiary/aromatic N) is 1. The number of ether oxygens (including phenoxy) is 2. The van der Waals surface area contributed by atoms with Crippen molar-refractivity contribution in [3.05, 3.63) is 29.4 Å². The van der Waals surface area contributed by atoms with Gasteiger partial charge in [-0.1, -0.05) is 0 Å². The number of carbonyl (C=O) groups excluding carboxylic acids is 1. The van der Waals surface area contributed by atoms with E-state index in [-0.39, 0.29) is 24.1 Å². The van der Waals surface area contributed by atoms with Gasteiger partial charge in [0, 0.05) is 18.1 Å². The Balaban J connectivity index is 0.00000243. The predicted molar refractivity (Wildman–Crippen MR) is 102 cm³/mol. The van der Waals surface area contributed by atoms with Gasteiger partial charge >= 0.3 is 0 Å². The molecule has 0 unspecified atom stereocenters. The number of nitrogens with one attached hydrogen (secondary N) is 2. The van der Waals surface area contributed by atoms with Crippen molar-refractivity contribution in [2.45, 2.75) is 18.4 Å². The number of halogens is 2. The van der Waals surface area contributed by atoms with Crippen LogP contribution in [0.3, 0.4) is 0 Å². The van der Waals surface area contributed by atoms with Gasteiger partial charge in [-0.05, 0) is 44.1 Å². The molecule has 0 bridgehead atoms. The van der Waals surface area contributed by atoms with Crippen LogP contribution in [0.15, 0.2) is 23.6 Å². The smallest absolute Gasteiger partial charge is 0.258 e. The molecule has 1 aromatic heterocycles. The number of amides is 1. The molecule has 6 nitrogen and oxygen atoms in total. The van der Waals surface area contributed by atoms with Crippen LogP contribution in [0, 0.1) is 5.82 Å². The minimum Gasteiger partial charge on any atom is -0.494 e. The van der Waals surface area contributed by atoms with Crippen LogP contribution in [-0.2, 0) is 9.53 Å². The summed E-state index contributed by atoms with van der Waals surface area (Å²) in [5.74, 6) is -0.467. The van der Waals surface area contributed by atoms with Gasteiger partial charge < -0.3 is 14.8 Å². The van der Waals surface area contributed by atoms with Crippen molar-refractivity contribution < 1.29 is 18.7 Å². The van der Waals surface area contributed by atoms with Gasteiger partial charge in [-0.25, -0.2) is 9.37 Å². The Labute approximate surface area is 161 Å². The molecule has 0 spiro atoms. The molecule has 0 saturated carbocycles. The molecule has 2 heterocycles. The van der Waals surface area contributed by atoms with Crippen LogP contribution in [-0.4, -0.2) is 43.8 Å². The molecule has 1 aliphatic rings. The van der Waals surface area contributed by atoms with E-state index in [9.17, 15) is 9.18 Å². The van der Waals surface area contributed by atoms with E-state index in [0.717, 1.165) is 13.1 Å². The maximum atomic E-state index is 13.9. The lowest BCUT2D eigenvalue weighted by molar-refractivity contribution is -0.140. The molecule has 2 N–H and O–H groups in total. The zero-order chi connectivity index (χ0) is 17.9. The summed E-state index contributed by atoms with van der Waals surface area (Å²) < 4.78 is 24.3. The summed E-state index contributed by atoms with van der Waals surface area (Å²) in [6.07, 6.45) is 1.22. The Kier molecular flexibility index (Phi) is 6.94. The Morgan fingerprint density at radius 3 is 2.69 bits per heavy atom. The van der Waals surface area contributed by atoms with Crippen LogP contribution >= 0.6 is 23.7 Å². The van der Waals surface area contributed by atoms with Gasteiger partial charge in [0.05, 0.1) is 12.8 Å². The quantitative estimate of drug-likeness (QED) is 0.805. The molecule has 1 fully saturated rings. The molecular formula is C17H21ClFN3O3S. The van der Waals surface area contributed by atoms with Gasteiger partial charge in [0.1, 0.15) is 5.60 Å². The van der Waals surface area contributed by atoms with Crippen LogP contribution in [0.4, 0.5) is 9.52 Å². The molecule has 1 amide bonds. The average molecular weight is 402 g/mol. The van der Waals surface area contributed by atoms with Crippen molar-refractivity contribution in [1.29, 1.82) is 0 Å². The summed E-state index contributed by atoms with van der Waals surface area (Å²) in [7, 11) is 2.97. The number of hydrogen-bond donors (Lipinski definition) is 2. The SMILES string of the molecule is COc1ccc(-c2csc(NC(=O)C3(OC)CCNCC3)n2)cc1F.Cl. The van der Waals surface area contributed by atoms with Crippen molar-refractivity contribution in [2.75, 3.05) is 32.6 Å². The summed E-state index contributed by atoms with van der Waals surface area (Å²) in [5, 5.41) is 8.28. The predicted octanol–water partition coefficient (Wildman–Crippen LogP) is 3.09. The lowest BCUT2D eigenvalue weighted by Crippen LogP contribution is -2.51. The van der Waals surface area contributed by atoms with Crippen molar-refractivity contribution in [1.82, 2.24) is 10.3 Å². The lowest BCUT2D eigenvalue weighted by atomic mass is 9.91. The number of thiazole rings is 1. The van der Waals surface area contributed by atoms with Crippen LogP contribution in [0.1, 0.15) is 12.8 Å². The third kappa shape index (κ3) is 4.15. The number of aromatic nitrogens is 1. The fourth-order valence-electron chi connectivity index (χ4n) is 2.85. The zero-order valence-electron chi connectivity index (χ0n) is 14.5. The maximum Gasteiger partial charge on any atom is 0.258 e. The highest BCUT2D eigenvalue weighted by Crippen LogP contribution is 2.30. The van der Waals surface area contributed by atoms with Gasteiger partial charge in [0.25, 0.3) is 5.91 Å². The van der Waals surface area contributed by atoms with Crippen molar-refractivity contribution in [2.24, 2.45) is 0 Å². The first-order chi connectivity index (χ1) is 12.1. The van der Waals surface area contributed by atoms with E-state index in [1.54, 1.807) is 24.6 Å². The molecule has 0 aliphatic carbocycles. The van der Waals surface area contributed by atoms with E-state index in [1.165, 1.54) is 24.5 Å². The number of anilines is 1. The summed E-state index contributed by atoms with van der Waals surface area (Å²) in [5.41, 5.74) is 0.389. The fourth-order valence-corrected chi connectivity index (χ4v) is 3.57. The molecular weight excluding hydrogens is 381 g/mol. The summed E-state index contributed by atoms with van der Waals surface area (Å²) >= 11 is 1.29. The molecule has 0 radical (unpaired) electrons. The number of carbonyl (C=O) groups is 1. The van der Waals surface area contributed by atoms with Gasteiger partial charge in [-0.2, -0.15) is 0 Å². The lowest BCUT2D eigenvalue weighted by Gasteiger charge is -2.34. The zero-order valence-corrected chi connectivity index (χ0v) is 16.1. The Morgan fingerprint density at radius 1 is 1.35 bits per heavy atom. The van der Waals surface area contributed by atoms with E-state index in [0.29, 0.717) is 29.2 Å². The molecule has 1 saturated heterocycles. The molecule has 0 atom stereocenters. The van der Waals surface area contributed by atoms with Crippen molar-refractivity contribution in [3.63, 3.8) is 0 Å². The maximum absolute atomic E-state index is 13.9. The summed E-state index contributed by atoms with van der Waals surface area (Å²) in [6.45, 7) is 1.46. The number of methoxy groups -OCH3 is 2. The normalized spacial score (nSPS) is 15.8.